The second-order valence-electron chi connectivity index (χ2n) is 12.1. The number of hydrogen-bond donors (Lipinski definition) is 2. The van der Waals surface area contributed by atoms with Crippen LogP contribution in [0.4, 0.5) is 5.69 Å². The Morgan fingerprint density at radius 3 is 2.35 bits per heavy atom. The summed E-state index contributed by atoms with van der Waals surface area (Å²) in [4.78, 5) is 24.2. The standard InChI is InChI=1S/C38H38N4O6/c1-45-35-17-27-15-16-42(21-28(27)18-36(35)46-2)22-30-19-34(25-9-7-24(23-43)8-10-25)48-38(47-30)26-11-13-29(14-12-26)40-37(44)33-20-39-31-5-3-4-6-32(31)41-33/h3-14,17-18,20,30,34,38,43H,15-16,19,21-23H2,1-2H3,(H,40,44)/t30-,34+,38+/m1/s1. The predicted octanol–water partition coefficient (Wildman–Crippen LogP) is 6.00. The number of hydrogen-bond acceptors (Lipinski definition) is 9. The van der Waals surface area contributed by atoms with Gasteiger partial charge in [0.15, 0.2) is 17.8 Å². The molecule has 5 aromatic rings. The molecule has 7 rings (SSSR count). The Kier molecular flexibility index (Phi) is 9.31. The van der Waals surface area contributed by atoms with E-state index in [9.17, 15) is 9.90 Å². The van der Waals surface area contributed by atoms with E-state index in [1.807, 2.05) is 72.8 Å². The van der Waals surface area contributed by atoms with Crippen LogP contribution in [0.5, 0.6) is 11.5 Å². The first-order chi connectivity index (χ1) is 23.5. The van der Waals surface area contributed by atoms with E-state index >= 15 is 0 Å². The van der Waals surface area contributed by atoms with Gasteiger partial charge in [-0.1, -0.05) is 48.5 Å². The normalized spacial score (nSPS) is 19.4. The zero-order chi connectivity index (χ0) is 33.0. The van der Waals surface area contributed by atoms with Crippen LogP contribution in [0.15, 0.2) is 91.1 Å². The molecule has 3 heterocycles. The molecule has 0 spiro atoms. The molecule has 3 atom stereocenters. The van der Waals surface area contributed by atoms with Crippen LogP contribution in [0.3, 0.4) is 0 Å². The number of carbonyl (C=O) groups is 1. The van der Waals surface area contributed by atoms with Gasteiger partial charge in [-0.25, -0.2) is 4.98 Å². The van der Waals surface area contributed by atoms with Gasteiger partial charge in [0.05, 0.1) is 50.3 Å². The number of amides is 1. The van der Waals surface area contributed by atoms with Gasteiger partial charge in [-0.2, -0.15) is 0 Å². The van der Waals surface area contributed by atoms with Gasteiger partial charge in [-0.3, -0.25) is 14.7 Å². The molecular weight excluding hydrogens is 608 g/mol. The maximum absolute atomic E-state index is 13.0. The highest BCUT2D eigenvalue weighted by molar-refractivity contribution is 6.03. The maximum atomic E-state index is 13.0. The number of benzene rings is 4. The van der Waals surface area contributed by atoms with E-state index in [4.69, 9.17) is 18.9 Å². The maximum Gasteiger partial charge on any atom is 0.275 e. The minimum Gasteiger partial charge on any atom is -0.493 e. The smallest absolute Gasteiger partial charge is 0.275 e. The minimum atomic E-state index is -0.608. The number of ether oxygens (including phenoxy) is 4. The third-order valence-corrected chi connectivity index (χ3v) is 9.00. The molecule has 1 saturated heterocycles. The lowest BCUT2D eigenvalue weighted by Crippen LogP contribution is -2.41. The van der Waals surface area contributed by atoms with Gasteiger partial charge in [0.25, 0.3) is 5.91 Å². The van der Waals surface area contributed by atoms with Crippen LogP contribution in [0.2, 0.25) is 0 Å². The monoisotopic (exact) mass is 646 g/mol. The SMILES string of the molecule is COc1cc2c(cc1OC)CN(C[C@H]1C[C@@H](c3ccc(CO)cc3)O[C@@H](c3ccc(NC(=O)c4cnc5ccccc5n4)cc3)O1)CC2. The number of nitrogens with one attached hydrogen (secondary N) is 1. The largest absolute Gasteiger partial charge is 0.493 e. The Morgan fingerprint density at radius 2 is 1.62 bits per heavy atom. The Balaban J connectivity index is 1.07. The van der Waals surface area contributed by atoms with Crippen LogP contribution in [-0.4, -0.2) is 59.3 Å². The molecule has 2 N–H and O–H groups in total. The summed E-state index contributed by atoms with van der Waals surface area (Å²) < 4.78 is 24.3. The quantitative estimate of drug-likeness (QED) is 0.199. The summed E-state index contributed by atoms with van der Waals surface area (Å²) in [5, 5.41) is 12.5. The van der Waals surface area contributed by atoms with Gasteiger partial charge in [0.1, 0.15) is 5.69 Å². The van der Waals surface area contributed by atoms with Gasteiger partial charge >= 0.3 is 0 Å². The van der Waals surface area contributed by atoms with Crippen molar-refractivity contribution in [3.63, 3.8) is 0 Å². The molecule has 1 amide bonds. The van der Waals surface area contributed by atoms with E-state index in [0.29, 0.717) is 17.6 Å². The summed E-state index contributed by atoms with van der Waals surface area (Å²) >= 11 is 0. The van der Waals surface area contributed by atoms with Crippen molar-refractivity contribution in [2.24, 2.45) is 0 Å². The molecule has 10 heteroatoms. The van der Waals surface area contributed by atoms with E-state index in [0.717, 1.165) is 59.8 Å². The summed E-state index contributed by atoms with van der Waals surface area (Å²) in [7, 11) is 3.32. The number of fused-ring (bicyclic) bond motifs is 2. The van der Waals surface area contributed by atoms with Gasteiger partial charge < -0.3 is 29.4 Å². The molecule has 0 aliphatic carbocycles. The molecule has 1 fully saturated rings. The van der Waals surface area contributed by atoms with Crippen molar-refractivity contribution in [1.82, 2.24) is 14.9 Å². The molecule has 10 nitrogen and oxygen atoms in total. The minimum absolute atomic E-state index is 0.0103. The summed E-state index contributed by atoms with van der Waals surface area (Å²) in [6, 6.07) is 27.0. The molecule has 0 unspecified atom stereocenters. The molecule has 0 radical (unpaired) electrons. The van der Waals surface area contributed by atoms with Crippen molar-refractivity contribution < 1.29 is 28.8 Å². The number of rotatable bonds is 9. The fourth-order valence-corrected chi connectivity index (χ4v) is 6.40. The zero-order valence-electron chi connectivity index (χ0n) is 27.0. The highest BCUT2D eigenvalue weighted by Gasteiger charge is 2.34. The van der Waals surface area contributed by atoms with Crippen LogP contribution in [0.25, 0.3) is 11.0 Å². The predicted molar refractivity (Wildman–Crippen MR) is 181 cm³/mol. The first-order valence-corrected chi connectivity index (χ1v) is 16.1. The molecule has 0 saturated carbocycles. The number of aliphatic hydroxyl groups is 1. The van der Waals surface area contributed by atoms with E-state index in [1.165, 1.54) is 17.3 Å². The molecule has 2 aliphatic rings. The Labute approximate surface area is 279 Å². The van der Waals surface area contributed by atoms with Crippen LogP contribution in [0.1, 0.15) is 57.1 Å². The van der Waals surface area contributed by atoms with Crippen molar-refractivity contribution in [3.8, 4) is 11.5 Å². The Morgan fingerprint density at radius 1 is 0.917 bits per heavy atom. The third-order valence-electron chi connectivity index (χ3n) is 9.00. The summed E-state index contributed by atoms with van der Waals surface area (Å²) in [5.41, 5.74) is 7.50. The van der Waals surface area contributed by atoms with Gasteiger partial charge in [-0.05, 0) is 65.1 Å². The van der Waals surface area contributed by atoms with E-state index in [-0.39, 0.29) is 30.4 Å². The van der Waals surface area contributed by atoms with E-state index < -0.39 is 6.29 Å². The first kappa shape index (κ1) is 31.7. The highest BCUT2D eigenvalue weighted by Crippen LogP contribution is 2.39. The zero-order valence-corrected chi connectivity index (χ0v) is 27.0. The van der Waals surface area contributed by atoms with Crippen molar-refractivity contribution in [2.45, 2.75) is 44.5 Å². The molecule has 1 aromatic heterocycles. The second-order valence-corrected chi connectivity index (χ2v) is 12.1. The van der Waals surface area contributed by atoms with Crippen LogP contribution in [0, 0.1) is 0 Å². The van der Waals surface area contributed by atoms with Crippen LogP contribution < -0.4 is 14.8 Å². The Hall–Kier alpha value is -4.87. The van der Waals surface area contributed by atoms with Crippen molar-refractivity contribution in [3.05, 3.63) is 125 Å². The van der Waals surface area contributed by atoms with Crippen LogP contribution >= 0.6 is 0 Å². The number of para-hydroxylation sites is 2. The summed E-state index contributed by atoms with van der Waals surface area (Å²) in [6.07, 6.45) is 2.17. The van der Waals surface area contributed by atoms with Gasteiger partial charge in [-0.15, -0.1) is 0 Å². The molecule has 48 heavy (non-hydrogen) atoms. The average Bonchev–Trinajstić information content (AvgIpc) is 3.14. The average molecular weight is 647 g/mol. The molecule has 0 bridgehead atoms. The topological polar surface area (TPSA) is 115 Å². The number of aliphatic hydroxyl groups excluding tert-OH is 1. The van der Waals surface area contributed by atoms with Crippen molar-refractivity contribution in [1.29, 1.82) is 0 Å². The number of anilines is 1. The van der Waals surface area contributed by atoms with Crippen molar-refractivity contribution in [2.75, 3.05) is 32.6 Å². The molecule has 246 valence electrons. The lowest BCUT2D eigenvalue weighted by Gasteiger charge is -2.39. The first-order valence-electron chi connectivity index (χ1n) is 16.1. The highest BCUT2D eigenvalue weighted by atomic mass is 16.7. The molecule has 2 aliphatic heterocycles. The fourth-order valence-electron chi connectivity index (χ4n) is 6.40. The molecular formula is C38H38N4O6. The lowest BCUT2D eigenvalue weighted by molar-refractivity contribution is -0.253. The van der Waals surface area contributed by atoms with Gasteiger partial charge in [0.2, 0.25) is 0 Å². The lowest BCUT2D eigenvalue weighted by atomic mass is 9.97. The number of methoxy groups -OCH3 is 2. The molecule has 4 aromatic carbocycles. The second kappa shape index (κ2) is 14.1. The Bertz CT molecular complexity index is 1900. The fraction of sp³-hybridized carbons (Fsp3) is 0.289. The van der Waals surface area contributed by atoms with Crippen molar-refractivity contribution >= 4 is 22.6 Å². The van der Waals surface area contributed by atoms with Crippen LogP contribution in [-0.2, 0) is 29.0 Å². The number of aromatic nitrogens is 2. The van der Waals surface area contributed by atoms with Gasteiger partial charge in [0, 0.05) is 37.3 Å². The number of carbonyl (C=O) groups excluding carboxylic acids is 1. The van der Waals surface area contributed by atoms with E-state index in [2.05, 4.69) is 32.3 Å². The summed E-state index contributed by atoms with van der Waals surface area (Å²) in [5.74, 6) is 1.15. The van der Waals surface area contributed by atoms with E-state index in [1.54, 1.807) is 14.2 Å². The number of nitrogens with zero attached hydrogens (tertiary/aromatic N) is 3. The summed E-state index contributed by atoms with van der Waals surface area (Å²) in [6.45, 7) is 2.41. The third kappa shape index (κ3) is 6.88.